The Morgan fingerprint density at radius 1 is 1.05 bits per heavy atom. The number of aliphatic imine (C=N–C) groups is 1. The Kier molecular flexibility index (Phi) is 7.89. The number of rotatable bonds is 8. The lowest BCUT2D eigenvalue weighted by Gasteiger charge is -2.10. The van der Waals surface area contributed by atoms with E-state index in [2.05, 4.69) is 20.9 Å². The first kappa shape index (κ1) is 25.5. The molecule has 0 atom stereocenters. The predicted molar refractivity (Wildman–Crippen MR) is 140 cm³/mol. The molecule has 0 N–H and O–H groups in total. The second-order valence-corrected chi connectivity index (χ2v) is 8.50. The number of hydrogen-bond acceptors (Lipinski definition) is 8. The normalized spacial score (nSPS) is 13.9. The van der Waals surface area contributed by atoms with Crippen molar-refractivity contribution in [1.29, 1.82) is 0 Å². The number of nitro groups is 1. The van der Waals surface area contributed by atoms with Crippen molar-refractivity contribution in [2.45, 2.75) is 6.92 Å². The quantitative estimate of drug-likeness (QED) is 0.113. The molecule has 0 fully saturated rings. The van der Waals surface area contributed by atoms with Crippen LogP contribution >= 0.6 is 15.9 Å². The second-order valence-electron chi connectivity index (χ2n) is 7.59. The smallest absolute Gasteiger partial charge is 0.363 e. The van der Waals surface area contributed by atoms with Gasteiger partial charge in [0, 0.05) is 28.2 Å². The number of nitro benzene ring substituents is 1. The van der Waals surface area contributed by atoms with Gasteiger partial charge in [-0.05, 0) is 78.7 Å². The molecule has 4 rings (SSSR count). The van der Waals surface area contributed by atoms with Crippen molar-refractivity contribution in [3.63, 3.8) is 0 Å². The van der Waals surface area contributed by atoms with Gasteiger partial charge in [0.05, 0.1) is 11.5 Å². The van der Waals surface area contributed by atoms with Crippen molar-refractivity contribution in [3.05, 3.63) is 110 Å². The van der Waals surface area contributed by atoms with Crippen LogP contribution in [0.15, 0.2) is 88.0 Å². The van der Waals surface area contributed by atoms with Crippen molar-refractivity contribution in [2.75, 3.05) is 6.61 Å². The number of carbonyl (C=O) groups is 2. The van der Waals surface area contributed by atoms with Crippen LogP contribution in [0.25, 0.3) is 12.2 Å². The lowest BCUT2D eigenvalue weighted by molar-refractivity contribution is -0.384. The molecule has 1 aliphatic rings. The number of esters is 2. The van der Waals surface area contributed by atoms with Crippen LogP contribution in [0.5, 0.6) is 11.5 Å². The van der Waals surface area contributed by atoms with Crippen LogP contribution in [-0.4, -0.2) is 29.4 Å². The highest BCUT2D eigenvalue weighted by atomic mass is 79.9. The molecule has 10 heteroatoms. The van der Waals surface area contributed by atoms with Crippen LogP contribution in [0, 0.1) is 10.1 Å². The molecule has 1 heterocycles. The number of non-ortho nitro benzene ring substituents is 1. The van der Waals surface area contributed by atoms with Crippen LogP contribution in [-0.2, 0) is 14.3 Å². The molecule has 0 saturated carbocycles. The molecular weight excluding hydrogens is 544 g/mol. The largest absolute Gasteiger partial charge is 0.490 e. The molecule has 0 amide bonds. The van der Waals surface area contributed by atoms with E-state index in [0.29, 0.717) is 29.0 Å². The summed E-state index contributed by atoms with van der Waals surface area (Å²) in [5, 5.41) is 10.8. The fraction of sp³-hybridized carbons (Fsp3) is 0.0741. The summed E-state index contributed by atoms with van der Waals surface area (Å²) < 4.78 is 17.2. The minimum absolute atomic E-state index is 0.0442. The van der Waals surface area contributed by atoms with E-state index in [0.717, 1.165) is 4.47 Å². The molecule has 186 valence electrons. The maximum absolute atomic E-state index is 12.3. The summed E-state index contributed by atoms with van der Waals surface area (Å²) >= 11 is 3.36. The number of ether oxygens (including phenoxy) is 3. The fourth-order valence-corrected chi connectivity index (χ4v) is 3.53. The Morgan fingerprint density at radius 2 is 1.76 bits per heavy atom. The van der Waals surface area contributed by atoms with Crippen LogP contribution in [0.3, 0.4) is 0 Å². The zero-order valence-corrected chi connectivity index (χ0v) is 21.0. The first-order chi connectivity index (χ1) is 17.8. The number of halogens is 1. The summed E-state index contributed by atoms with van der Waals surface area (Å²) in [6, 6.07) is 17.8. The molecule has 1 aliphatic heterocycles. The number of cyclic esters (lactones) is 1. The van der Waals surface area contributed by atoms with E-state index in [1.165, 1.54) is 36.4 Å². The van der Waals surface area contributed by atoms with Gasteiger partial charge in [0.15, 0.2) is 17.2 Å². The van der Waals surface area contributed by atoms with Gasteiger partial charge >= 0.3 is 11.9 Å². The lowest BCUT2D eigenvalue weighted by Crippen LogP contribution is -2.06. The number of benzene rings is 3. The van der Waals surface area contributed by atoms with Crippen LogP contribution in [0.4, 0.5) is 5.69 Å². The van der Waals surface area contributed by atoms with E-state index in [9.17, 15) is 19.7 Å². The number of nitrogens with zero attached hydrogens (tertiary/aromatic N) is 2. The Bertz CT molecular complexity index is 1440. The Labute approximate surface area is 220 Å². The molecule has 0 radical (unpaired) electrons. The Morgan fingerprint density at radius 3 is 2.43 bits per heavy atom. The average molecular weight is 563 g/mol. The van der Waals surface area contributed by atoms with Gasteiger partial charge in [-0.2, -0.15) is 0 Å². The summed E-state index contributed by atoms with van der Waals surface area (Å²) in [5.41, 5.74) is 1.94. The summed E-state index contributed by atoms with van der Waals surface area (Å²) in [6.07, 6.45) is 4.24. The Hall–Kier alpha value is -4.57. The third kappa shape index (κ3) is 6.56. The molecule has 3 aromatic rings. The van der Waals surface area contributed by atoms with Crippen molar-refractivity contribution in [2.24, 2.45) is 4.99 Å². The summed E-state index contributed by atoms with van der Waals surface area (Å²) in [7, 11) is 0. The molecule has 0 aliphatic carbocycles. The third-order valence-electron chi connectivity index (χ3n) is 5.01. The topological polar surface area (TPSA) is 117 Å². The van der Waals surface area contributed by atoms with E-state index >= 15 is 0 Å². The van der Waals surface area contributed by atoms with E-state index in [1.807, 2.05) is 12.1 Å². The van der Waals surface area contributed by atoms with Gasteiger partial charge in [-0.3, -0.25) is 10.1 Å². The Balaban J connectivity index is 1.50. The molecule has 0 unspecified atom stereocenters. The van der Waals surface area contributed by atoms with Gasteiger partial charge in [-0.1, -0.05) is 22.0 Å². The number of carbonyl (C=O) groups excluding carboxylic acids is 2. The molecule has 0 aromatic heterocycles. The van der Waals surface area contributed by atoms with Crippen molar-refractivity contribution in [1.82, 2.24) is 0 Å². The first-order valence-electron chi connectivity index (χ1n) is 11.0. The van der Waals surface area contributed by atoms with Crippen LogP contribution in [0.2, 0.25) is 0 Å². The highest BCUT2D eigenvalue weighted by molar-refractivity contribution is 9.10. The molecule has 9 nitrogen and oxygen atoms in total. The molecule has 3 aromatic carbocycles. The predicted octanol–water partition coefficient (Wildman–Crippen LogP) is 5.72. The average Bonchev–Trinajstić information content (AvgIpc) is 3.25. The van der Waals surface area contributed by atoms with Crippen molar-refractivity contribution < 1.29 is 28.7 Å². The third-order valence-corrected chi connectivity index (χ3v) is 5.54. The van der Waals surface area contributed by atoms with Crippen LogP contribution in [0.1, 0.15) is 23.6 Å². The minimum atomic E-state index is -0.659. The van der Waals surface area contributed by atoms with Gasteiger partial charge in [0.2, 0.25) is 5.90 Å². The number of hydrogen-bond donors (Lipinski definition) is 0. The summed E-state index contributed by atoms with van der Waals surface area (Å²) in [5.74, 6) is -0.539. The monoisotopic (exact) mass is 562 g/mol. The van der Waals surface area contributed by atoms with Crippen LogP contribution < -0.4 is 9.47 Å². The zero-order valence-electron chi connectivity index (χ0n) is 19.4. The maximum atomic E-state index is 12.3. The van der Waals surface area contributed by atoms with E-state index in [-0.39, 0.29) is 23.0 Å². The lowest BCUT2D eigenvalue weighted by atomic mass is 10.1. The highest BCUT2D eigenvalue weighted by Crippen LogP contribution is 2.30. The van der Waals surface area contributed by atoms with E-state index < -0.39 is 16.9 Å². The molecule has 37 heavy (non-hydrogen) atoms. The van der Waals surface area contributed by atoms with Gasteiger partial charge in [0.1, 0.15) is 0 Å². The highest BCUT2D eigenvalue weighted by Gasteiger charge is 2.24. The molecule has 0 saturated heterocycles. The zero-order chi connectivity index (χ0) is 26.4. The van der Waals surface area contributed by atoms with Gasteiger partial charge < -0.3 is 14.2 Å². The second kappa shape index (κ2) is 11.4. The molecule has 0 spiro atoms. The minimum Gasteiger partial charge on any atom is -0.490 e. The maximum Gasteiger partial charge on any atom is 0.363 e. The van der Waals surface area contributed by atoms with Crippen molar-refractivity contribution >= 4 is 51.6 Å². The summed E-state index contributed by atoms with van der Waals surface area (Å²) in [4.78, 5) is 39.2. The van der Waals surface area contributed by atoms with Gasteiger partial charge in [-0.15, -0.1) is 0 Å². The molecular formula is C27H19BrN2O7. The fourth-order valence-electron chi connectivity index (χ4n) is 3.26. The van der Waals surface area contributed by atoms with Gasteiger partial charge in [-0.25, -0.2) is 14.6 Å². The van der Waals surface area contributed by atoms with E-state index in [4.69, 9.17) is 14.2 Å². The summed E-state index contributed by atoms with van der Waals surface area (Å²) in [6.45, 7) is 2.10. The first-order valence-corrected chi connectivity index (χ1v) is 11.8. The van der Waals surface area contributed by atoms with Gasteiger partial charge in [0.25, 0.3) is 5.69 Å². The molecule has 0 bridgehead atoms. The van der Waals surface area contributed by atoms with Crippen molar-refractivity contribution in [3.8, 4) is 11.5 Å². The van der Waals surface area contributed by atoms with E-state index in [1.54, 1.807) is 43.3 Å². The SMILES string of the molecule is CCOc1cc(/C=C2\N=C(c3ccc(Br)cc3)OC2=O)ccc1OC(=O)/C=C/c1ccc([N+](=O)[O-])cc1. The standard InChI is InChI=1S/C27H19BrN2O7/c1-2-35-24-16-18(15-22-27(32)37-26(29-22)19-7-9-20(28)10-8-19)5-13-23(24)36-25(31)14-6-17-3-11-21(12-4-17)30(33)34/h3-16H,2H2,1H3/b14-6+,22-15-.